The van der Waals surface area contributed by atoms with Gasteiger partial charge in [-0.25, -0.2) is 0 Å². The molecule has 0 radical (unpaired) electrons. The van der Waals surface area contributed by atoms with E-state index >= 15 is 0 Å². The van der Waals surface area contributed by atoms with Gasteiger partial charge in [0.2, 0.25) is 5.91 Å². The monoisotopic (exact) mass is 389 g/mol. The third-order valence-corrected chi connectivity index (χ3v) is 6.27. The van der Waals surface area contributed by atoms with Gasteiger partial charge in [-0.3, -0.25) is 4.79 Å². The largest absolute Gasteiger partial charge is 0.486 e. The number of halogens is 1. The number of hydrogen-bond acceptors (Lipinski definition) is 4. The van der Waals surface area contributed by atoms with E-state index in [1.54, 1.807) is 23.9 Å². The lowest BCUT2D eigenvalue weighted by molar-refractivity contribution is -0.113. The Bertz CT molecular complexity index is 827. The van der Waals surface area contributed by atoms with E-state index in [4.69, 9.17) is 21.1 Å². The average molecular weight is 390 g/mol. The molecule has 1 amide bonds. The van der Waals surface area contributed by atoms with Crippen molar-refractivity contribution in [3.63, 3.8) is 0 Å². The van der Waals surface area contributed by atoms with Crippen LogP contribution in [0, 0.1) is 0 Å². The minimum atomic E-state index is -0.0587. The van der Waals surface area contributed by atoms with Gasteiger partial charge in [0.15, 0.2) is 11.5 Å². The molecule has 1 N–H and O–H groups in total. The van der Waals surface area contributed by atoms with E-state index < -0.39 is 0 Å². The van der Waals surface area contributed by atoms with E-state index in [1.165, 1.54) is 17.5 Å². The first-order valence-electron chi connectivity index (χ1n) is 8.79. The Labute approximate surface area is 162 Å². The molecule has 136 valence electrons. The molecule has 4 rings (SSSR count). The van der Waals surface area contributed by atoms with Crippen LogP contribution in [0.15, 0.2) is 36.4 Å². The minimum Gasteiger partial charge on any atom is -0.486 e. The van der Waals surface area contributed by atoms with Crippen molar-refractivity contribution < 1.29 is 14.3 Å². The first-order valence-corrected chi connectivity index (χ1v) is 10.2. The Morgan fingerprint density at radius 1 is 1.19 bits per heavy atom. The second-order valence-electron chi connectivity index (χ2n) is 6.41. The van der Waals surface area contributed by atoms with Crippen molar-refractivity contribution in [1.29, 1.82) is 0 Å². The number of thioether (sulfide) groups is 1. The average Bonchev–Trinajstić information content (AvgIpc) is 2.67. The predicted molar refractivity (Wildman–Crippen MR) is 106 cm³/mol. The van der Waals surface area contributed by atoms with Crippen LogP contribution < -0.4 is 14.8 Å². The molecule has 1 aliphatic carbocycles. The third kappa shape index (κ3) is 3.79. The number of nitrogens with one attached hydrogen (secondary N) is 1. The van der Waals surface area contributed by atoms with Crippen molar-refractivity contribution in [3.8, 4) is 11.5 Å². The van der Waals surface area contributed by atoms with Gasteiger partial charge in [0.1, 0.15) is 13.2 Å². The molecule has 1 unspecified atom stereocenters. The molecule has 1 atom stereocenters. The predicted octanol–water partition coefficient (Wildman–Crippen LogP) is 4.86. The molecule has 6 heteroatoms. The summed E-state index contributed by atoms with van der Waals surface area (Å²) in [5, 5.41) is 3.73. The summed E-state index contributed by atoms with van der Waals surface area (Å²) in [5.74, 6) is 1.57. The summed E-state index contributed by atoms with van der Waals surface area (Å²) >= 11 is 7.95. The van der Waals surface area contributed by atoms with Gasteiger partial charge in [-0.2, -0.15) is 0 Å². The number of rotatable bonds is 4. The van der Waals surface area contributed by atoms with Gasteiger partial charge in [-0.05, 0) is 30.4 Å². The van der Waals surface area contributed by atoms with E-state index in [-0.39, 0.29) is 5.91 Å². The summed E-state index contributed by atoms with van der Waals surface area (Å²) in [6, 6.07) is 12.0. The molecule has 0 aromatic heterocycles. The van der Waals surface area contributed by atoms with Crippen LogP contribution in [0.4, 0.5) is 5.69 Å². The highest BCUT2D eigenvalue weighted by atomic mass is 35.5. The summed E-state index contributed by atoms with van der Waals surface area (Å²) in [6.45, 7) is 1.01. The number of carbonyl (C=O) groups is 1. The number of benzene rings is 2. The Balaban J connectivity index is 1.39. The lowest BCUT2D eigenvalue weighted by Crippen LogP contribution is -2.18. The zero-order valence-electron chi connectivity index (χ0n) is 14.3. The zero-order chi connectivity index (χ0) is 17.9. The summed E-state index contributed by atoms with van der Waals surface area (Å²) in [6.07, 6.45) is 3.41. The number of fused-ring (bicyclic) bond motifs is 2. The minimum absolute atomic E-state index is 0.0587. The van der Waals surface area contributed by atoms with Crippen LogP contribution in [0.1, 0.15) is 29.2 Å². The van der Waals surface area contributed by atoms with Gasteiger partial charge in [0.05, 0.1) is 16.5 Å². The molecule has 0 spiro atoms. The topological polar surface area (TPSA) is 47.6 Å². The van der Waals surface area contributed by atoms with Gasteiger partial charge in [-0.1, -0.05) is 35.9 Å². The van der Waals surface area contributed by atoms with E-state index in [0.717, 1.165) is 12.8 Å². The Morgan fingerprint density at radius 2 is 1.96 bits per heavy atom. The first-order chi connectivity index (χ1) is 12.7. The lowest BCUT2D eigenvalue weighted by atomic mass is 9.91. The summed E-state index contributed by atoms with van der Waals surface area (Å²) in [5.41, 5.74) is 3.34. The molecule has 4 nitrogen and oxygen atoms in total. The molecule has 2 aliphatic rings. The van der Waals surface area contributed by atoms with Crippen LogP contribution in [-0.2, 0) is 11.2 Å². The fourth-order valence-electron chi connectivity index (χ4n) is 3.40. The van der Waals surface area contributed by atoms with Crippen molar-refractivity contribution >= 4 is 35.0 Å². The van der Waals surface area contributed by atoms with Crippen molar-refractivity contribution in [2.75, 3.05) is 24.3 Å². The van der Waals surface area contributed by atoms with Gasteiger partial charge in [0, 0.05) is 17.4 Å². The molecular weight excluding hydrogens is 370 g/mol. The SMILES string of the molecule is O=C(CSC1CCCc2ccccc21)Nc1cc2c(cc1Cl)OCCO2. The normalized spacial score (nSPS) is 18.1. The summed E-state index contributed by atoms with van der Waals surface area (Å²) in [7, 11) is 0. The molecule has 1 aliphatic heterocycles. The standard InChI is InChI=1S/C20H20ClNO3S/c21-15-10-17-18(25-9-8-24-17)11-16(15)22-20(23)12-26-19-7-3-5-13-4-1-2-6-14(13)19/h1-2,4,6,10-11,19H,3,5,7-9,12H2,(H,22,23). The second-order valence-corrected chi connectivity index (χ2v) is 8.01. The highest BCUT2D eigenvalue weighted by Crippen LogP contribution is 2.40. The van der Waals surface area contributed by atoms with Crippen LogP contribution in [0.2, 0.25) is 5.02 Å². The maximum Gasteiger partial charge on any atom is 0.234 e. The zero-order valence-corrected chi connectivity index (χ0v) is 15.9. The van der Waals surface area contributed by atoms with Crippen molar-refractivity contribution in [2.24, 2.45) is 0 Å². The smallest absolute Gasteiger partial charge is 0.234 e. The van der Waals surface area contributed by atoms with Crippen LogP contribution in [0.25, 0.3) is 0 Å². The van der Waals surface area contributed by atoms with Crippen molar-refractivity contribution in [3.05, 3.63) is 52.5 Å². The molecule has 0 fully saturated rings. The Hall–Kier alpha value is -1.85. The number of aryl methyl sites for hydroxylation is 1. The molecule has 2 aromatic rings. The third-order valence-electron chi connectivity index (χ3n) is 4.64. The van der Waals surface area contributed by atoms with Crippen molar-refractivity contribution in [1.82, 2.24) is 0 Å². The fourth-order valence-corrected chi connectivity index (χ4v) is 4.77. The van der Waals surface area contributed by atoms with Gasteiger partial charge in [0.25, 0.3) is 0 Å². The number of hydrogen-bond donors (Lipinski definition) is 1. The van der Waals surface area contributed by atoms with E-state index in [1.807, 2.05) is 0 Å². The number of anilines is 1. The Kier molecular flexibility index (Phi) is 5.27. The fraction of sp³-hybridized carbons (Fsp3) is 0.350. The molecule has 26 heavy (non-hydrogen) atoms. The molecule has 0 bridgehead atoms. The van der Waals surface area contributed by atoms with E-state index in [2.05, 4.69) is 29.6 Å². The van der Waals surface area contributed by atoms with Crippen LogP contribution in [0.5, 0.6) is 11.5 Å². The lowest BCUT2D eigenvalue weighted by Gasteiger charge is -2.25. The molecule has 2 aromatic carbocycles. The molecule has 0 saturated carbocycles. The highest BCUT2D eigenvalue weighted by Gasteiger charge is 2.22. The van der Waals surface area contributed by atoms with Crippen LogP contribution in [-0.4, -0.2) is 24.9 Å². The van der Waals surface area contributed by atoms with Crippen LogP contribution >= 0.6 is 23.4 Å². The highest BCUT2D eigenvalue weighted by molar-refractivity contribution is 8.00. The van der Waals surface area contributed by atoms with Gasteiger partial charge in [-0.15, -0.1) is 11.8 Å². The van der Waals surface area contributed by atoms with Gasteiger partial charge < -0.3 is 14.8 Å². The maximum atomic E-state index is 12.4. The van der Waals surface area contributed by atoms with Crippen LogP contribution in [0.3, 0.4) is 0 Å². The summed E-state index contributed by atoms with van der Waals surface area (Å²) < 4.78 is 11.1. The van der Waals surface area contributed by atoms with Gasteiger partial charge >= 0.3 is 0 Å². The second kappa shape index (κ2) is 7.80. The maximum absolute atomic E-state index is 12.4. The van der Waals surface area contributed by atoms with E-state index in [0.29, 0.717) is 46.4 Å². The van der Waals surface area contributed by atoms with Crippen molar-refractivity contribution in [2.45, 2.75) is 24.5 Å². The summed E-state index contributed by atoms with van der Waals surface area (Å²) in [4.78, 5) is 12.4. The Morgan fingerprint density at radius 3 is 2.81 bits per heavy atom. The first kappa shape index (κ1) is 17.6. The molecule has 1 heterocycles. The quantitative estimate of drug-likeness (QED) is 0.811. The number of amides is 1. The van der Waals surface area contributed by atoms with E-state index in [9.17, 15) is 4.79 Å². The molecular formula is C20H20ClNO3S. The number of carbonyl (C=O) groups excluding carboxylic acids is 1. The number of ether oxygens (including phenoxy) is 2. The molecule has 0 saturated heterocycles.